The molecule has 0 unspecified atom stereocenters. The lowest BCUT2D eigenvalue weighted by Gasteiger charge is -2.02. The molecule has 12 heavy (non-hydrogen) atoms. The molecule has 1 nitrogen and oxygen atoms in total. The minimum Gasteiger partial charge on any atom is -0.300 e. The number of Topliss-reactive ketones (excluding diaryl/α,β-unsaturated/α-hetero) is 1. The maximum absolute atomic E-state index is 11.2. The first kappa shape index (κ1) is 12.0. The van der Waals surface area contributed by atoms with Crippen LogP contribution in [0, 0.1) is 5.92 Å². The zero-order valence-electron chi connectivity index (χ0n) is 8.43. The third-order valence-electron chi connectivity index (χ3n) is 1.69. The summed E-state index contributed by atoms with van der Waals surface area (Å²) in [6.45, 7) is 4.19. The molecule has 0 fully saturated rings. The van der Waals surface area contributed by atoms with Gasteiger partial charge in [0.1, 0.15) is 5.78 Å². The Morgan fingerprint density at radius 2 is 2.00 bits per heavy atom. The second kappa shape index (κ2) is 7.66. The Bertz CT molecular complexity index is 121. The maximum atomic E-state index is 11.2. The molecule has 0 amide bonds. The monoisotopic (exact) mass is 188 g/mol. The van der Waals surface area contributed by atoms with E-state index in [1.54, 1.807) is 0 Å². The Morgan fingerprint density at radius 1 is 1.33 bits per heavy atom. The van der Waals surface area contributed by atoms with Crippen molar-refractivity contribution in [2.24, 2.45) is 5.92 Å². The molecule has 0 spiro atoms. The molecule has 0 aliphatic rings. The fraction of sp³-hybridized carbons (Fsp3) is 0.900. The number of unbranched alkanes of at least 4 members (excludes halogenated alkanes) is 1. The summed E-state index contributed by atoms with van der Waals surface area (Å²) >= 11 is 1.86. The number of rotatable bonds is 7. The number of carbonyl (C=O) groups excluding carboxylic acids is 1. The van der Waals surface area contributed by atoms with E-state index in [2.05, 4.69) is 20.1 Å². The van der Waals surface area contributed by atoms with Crippen molar-refractivity contribution in [3.05, 3.63) is 0 Å². The van der Waals surface area contributed by atoms with Crippen LogP contribution >= 0.6 is 11.8 Å². The van der Waals surface area contributed by atoms with Crippen molar-refractivity contribution in [3.8, 4) is 0 Å². The minimum absolute atomic E-state index is 0.436. The summed E-state index contributed by atoms with van der Waals surface area (Å²) in [7, 11) is 0. The Kier molecular flexibility index (Phi) is 7.67. The van der Waals surface area contributed by atoms with Gasteiger partial charge < -0.3 is 0 Å². The minimum atomic E-state index is 0.436. The van der Waals surface area contributed by atoms with E-state index in [1.165, 1.54) is 12.2 Å². The van der Waals surface area contributed by atoms with Crippen LogP contribution in [0.5, 0.6) is 0 Å². The largest absolute Gasteiger partial charge is 0.300 e. The van der Waals surface area contributed by atoms with Crippen molar-refractivity contribution < 1.29 is 4.79 Å². The lowest BCUT2D eigenvalue weighted by Crippen LogP contribution is -2.02. The molecule has 72 valence electrons. The van der Waals surface area contributed by atoms with Crippen LogP contribution in [0.2, 0.25) is 0 Å². The van der Waals surface area contributed by atoms with Gasteiger partial charge in [0.05, 0.1) is 0 Å². The van der Waals surface area contributed by atoms with Gasteiger partial charge in [0.25, 0.3) is 0 Å². The van der Waals surface area contributed by atoms with E-state index in [0.717, 1.165) is 19.3 Å². The highest BCUT2D eigenvalue weighted by molar-refractivity contribution is 7.98. The summed E-state index contributed by atoms with van der Waals surface area (Å²) < 4.78 is 0. The van der Waals surface area contributed by atoms with Gasteiger partial charge in [0.15, 0.2) is 0 Å². The molecule has 0 aromatic heterocycles. The molecule has 2 heteroatoms. The number of thioether (sulfide) groups is 1. The van der Waals surface area contributed by atoms with E-state index in [9.17, 15) is 4.79 Å². The second-order valence-electron chi connectivity index (χ2n) is 3.59. The van der Waals surface area contributed by atoms with E-state index in [1.807, 2.05) is 11.8 Å². The highest BCUT2D eigenvalue weighted by Crippen LogP contribution is 2.07. The second-order valence-corrected chi connectivity index (χ2v) is 4.57. The first-order valence-corrected chi connectivity index (χ1v) is 6.06. The van der Waals surface area contributed by atoms with E-state index in [0.29, 0.717) is 11.7 Å². The first-order valence-electron chi connectivity index (χ1n) is 4.67. The Balaban J connectivity index is 3.20. The van der Waals surface area contributed by atoms with Crippen molar-refractivity contribution in [3.63, 3.8) is 0 Å². The predicted molar refractivity (Wildman–Crippen MR) is 56.7 cm³/mol. The standard InChI is InChI=1S/C10H20OS/c1-9(2)8-10(11)6-4-5-7-12-3/h9H,4-8H2,1-3H3. The smallest absolute Gasteiger partial charge is 0.133 e. The third-order valence-corrected chi connectivity index (χ3v) is 2.39. The molecule has 0 aromatic rings. The van der Waals surface area contributed by atoms with Crippen LogP contribution in [-0.4, -0.2) is 17.8 Å². The molecule has 0 N–H and O–H groups in total. The maximum Gasteiger partial charge on any atom is 0.133 e. The quantitative estimate of drug-likeness (QED) is 0.571. The molecule has 0 heterocycles. The Morgan fingerprint density at radius 3 is 2.50 bits per heavy atom. The molecule has 0 atom stereocenters. The molecule has 0 radical (unpaired) electrons. The SMILES string of the molecule is CSCCCCC(=O)CC(C)C. The molecule has 0 aliphatic carbocycles. The Labute approximate surface area is 80.3 Å². The van der Waals surface area contributed by atoms with E-state index >= 15 is 0 Å². The molecule has 0 rings (SSSR count). The van der Waals surface area contributed by atoms with Crippen LogP contribution in [0.4, 0.5) is 0 Å². The van der Waals surface area contributed by atoms with Crippen molar-refractivity contribution in [1.82, 2.24) is 0 Å². The van der Waals surface area contributed by atoms with Crippen LogP contribution in [0.25, 0.3) is 0 Å². The lowest BCUT2D eigenvalue weighted by atomic mass is 10.0. The van der Waals surface area contributed by atoms with Gasteiger partial charge in [-0.05, 0) is 30.8 Å². The molecular weight excluding hydrogens is 168 g/mol. The van der Waals surface area contributed by atoms with Gasteiger partial charge in [0.2, 0.25) is 0 Å². The van der Waals surface area contributed by atoms with Gasteiger partial charge in [-0.1, -0.05) is 13.8 Å². The average molecular weight is 188 g/mol. The summed E-state index contributed by atoms with van der Waals surface area (Å²) in [4.78, 5) is 11.2. The molecule has 0 aliphatic heterocycles. The summed E-state index contributed by atoms with van der Waals surface area (Å²) in [5, 5.41) is 0. The normalized spacial score (nSPS) is 10.7. The summed E-state index contributed by atoms with van der Waals surface area (Å²) in [5.41, 5.74) is 0. The number of carbonyl (C=O) groups is 1. The highest BCUT2D eigenvalue weighted by Gasteiger charge is 2.03. The van der Waals surface area contributed by atoms with Gasteiger partial charge in [-0.25, -0.2) is 0 Å². The predicted octanol–water partition coefficient (Wildman–Crippen LogP) is 3.13. The third kappa shape index (κ3) is 8.12. The number of ketones is 1. The van der Waals surface area contributed by atoms with Crippen molar-refractivity contribution in [2.45, 2.75) is 39.5 Å². The molecule has 0 saturated carbocycles. The van der Waals surface area contributed by atoms with E-state index in [-0.39, 0.29) is 0 Å². The van der Waals surface area contributed by atoms with Gasteiger partial charge in [0, 0.05) is 12.8 Å². The van der Waals surface area contributed by atoms with Gasteiger partial charge >= 0.3 is 0 Å². The zero-order valence-corrected chi connectivity index (χ0v) is 9.25. The van der Waals surface area contributed by atoms with Crippen LogP contribution in [0.1, 0.15) is 39.5 Å². The highest BCUT2D eigenvalue weighted by atomic mass is 32.2. The molecule has 0 saturated heterocycles. The first-order chi connectivity index (χ1) is 5.66. The fourth-order valence-corrected chi connectivity index (χ4v) is 1.62. The van der Waals surface area contributed by atoms with E-state index < -0.39 is 0 Å². The topological polar surface area (TPSA) is 17.1 Å². The van der Waals surface area contributed by atoms with Crippen molar-refractivity contribution >= 4 is 17.5 Å². The zero-order chi connectivity index (χ0) is 9.40. The fourth-order valence-electron chi connectivity index (χ4n) is 1.13. The Hall–Kier alpha value is 0.0200. The summed E-state index contributed by atoms with van der Waals surface area (Å²) in [6, 6.07) is 0. The van der Waals surface area contributed by atoms with Crippen LogP contribution in [0.3, 0.4) is 0 Å². The summed E-state index contributed by atoms with van der Waals surface area (Å²) in [5.74, 6) is 2.15. The van der Waals surface area contributed by atoms with Gasteiger partial charge in [-0.2, -0.15) is 11.8 Å². The lowest BCUT2D eigenvalue weighted by molar-refractivity contribution is -0.119. The van der Waals surface area contributed by atoms with E-state index in [4.69, 9.17) is 0 Å². The average Bonchev–Trinajstić information content (AvgIpc) is 1.97. The van der Waals surface area contributed by atoms with Crippen LogP contribution < -0.4 is 0 Å². The molecule has 0 bridgehead atoms. The summed E-state index contributed by atoms with van der Waals surface area (Å²) in [6.07, 6.45) is 5.92. The molecular formula is C10H20OS. The van der Waals surface area contributed by atoms with Crippen LogP contribution in [0.15, 0.2) is 0 Å². The van der Waals surface area contributed by atoms with Gasteiger partial charge in [-0.3, -0.25) is 4.79 Å². The van der Waals surface area contributed by atoms with Crippen molar-refractivity contribution in [1.29, 1.82) is 0 Å². The number of hydrogen-bond donors (Lipinski definition) is 0. The van der Waals surface area contributed by atoms with Crippen LogP contribution in [-0.2, 0) is 4.79 Å². The van der Waals surface area contributed by atoms with Gasteiger partial charge in [-0.15, -0.1) is 0 Å². The molecule has 0 aromatic carbocycles. The number of hydrogen-bond acceptors (Lipinski definition) is 2. The van der Waals surface area contributed by atoms with Crippen molar-refractivity contribution in [2.75, 3.05) is 12.0 Å².